The Labute approximate surface area is 109 Å². The lowest BCUT2D eigenvalue weighted by molar-refractivity contribution is 0.206. The van der Waals surface area contributed by atoms with Gasteiger partial charge in [0, 0.05) is 10.4 Å². The summed E-state index contributed by atoms with van der Waals surface area (Å²) in [4.78, 5) is 1.27. The van der Waals surface area contributed by atoms with E-state index in [1.807, 2.05) is 6.92 Å². The van der Waals surface area contributed by atoms with Gasteiger partial charge >= 0.3 is 0 Å². The van der Waals surface area contributed by atoms with Crippen LogP contribution < -0.4 is 5.73 Å². The third-order valence-corrected chi connectivity index (χ3v) is 3.86. The molecule has 0 aliphatic heterocycles. The number of nitrogens with two attached hydrogens (primary N) is 1. The Bertz CT molecular complexity index is 333. The predicted molar refractivity (Wildman–Crippen MR) is 75.6 cm³/mol. The van der Waals surface area contributed by atoms with E-state index in [-0.39, 0.29) is 6.61 Å². The highest BCUT2D eigenvalue weighted by molar-refractivity contribution is 7.99. The molecule has 0 spiro atoms. The van der Waals surface area contributed by atoms with Crippen LogP contribution in [0.15, 0.2) is 29.2 Å². The van der Waals surface area contributed by atoms with Crippen molar-refractivity contribution >= 4 is 11.8 Å². The summed E-state index contributed by atoms with van der Waals surface area (Å²) in [5, 5.41) is 9.05. The quantitative estimate of drug-likeness (QED) is 0.766. The van der Waals surface area contributed by atoms with Gasteiger partial charge in [-0.15, -0.1) is 11.8 Å². The Hall–Kier alpha value is -0.510. The van der Waals surface area contributed by atoms with E-state index in [1.165, 1.54) is 10.5 Å². The van der Waals surface area contributed by atoms with Crippen LogP contribution in [0.5, 0.6) is 0 Å². The Balaban J connectivity index is 2.42. The molecule has 0 aliphatic rings. The Morgan fingerprint density at radius 3 is 2.35 bits per heavy atom. The second kappa shape index (κ2) is 6.43. The molecule has 0 aliphatic carbocycles. The first kappa shape index (κ1) is 14.6. The molecule has 0 bridgehead atoms. The largest absolute Gasteiger partial charge is 0.394 e. The monoisotopic (exact) mass is 253 g/mol. The van der Waals surface area contributed by atoms with Crippen LogP contribution >= 0.6 is 11.8 Å². The molecule has 1 aromatic rings. The minimum Gasteiger partial charge on any atom is -0.394 e. The summed E-state index contributed by atoms with van der Waals surface area (Å²) < 4.78 is 0. The average molecular weight is 253 g/mol. The van der Waals surface area contributed by atoms with E-state index in [0.717, 1.165) is 12.2 Å². The number of hydrogen-bond donors (Lipinski definition) is 2. The molecule has 1 unspecified atom stereocenters. The van der Waals surface area contributed by atoms with Gasteiger partial charge in [0.05, 0.1) is 6.61 Å². The van der Waals surface area contributed by atoms with Gasteiger partial charge in [-0.05, 0) is 42.7 Å². The summed E-state index contributed by atoms with van der Waals surface area (Å²) >= 11 is 1.79. The second-order valence-electron chi connectivity index (χ2n) is 5.13. The number of hydrogen-bond acceptors (Lipinski definition) is 3. The average Bonchev–Trinajstić information content (AvgIpc) is 2.29. The molecule has 0 amide bonds. The lowest BCUT2D eigenvalue weighted by atomic mass is 10.0. The summed E-state index contributed by atoms with van der Waals surface area (Å²) in [6.45, 7) is 6.32. The van der Waals surface area contributed by atoms with Gasteiger partial charge in [-0.2, -0.15) is 0 Å². The van der Waals surface area contributed by atoms with Crippen molar-refractivity contribution in [2.75, 3.05) is 12.4 Å². The number of aliphatic hydroxyl groups excluding tert-OH is 1. The van der Waals surface area contributed by atoms with Gasteiger partial charge in [0.2, 0.25) is 0 Å². The van der Waals surface area contributed by atoms with Crippen molar-refractivity contribution in [1.29, 1.82) is 0 Å². The van der Waals surface area contributed by atoms with Gasteiger partial charge in [-0.1, -0.05) is 26.0 Å². The van der Waals surface area contributed by atoms with Crippen LogP contribution in [0.1, 0.15) is 38.7 Å². The first-order chi connectivity index (χ1) is 7.94. The topological polar surface area (TPSA) is 46.2 Å². The summed E-state index contributed by atoms with van der Waals surface area (Å²) in [6.07, 6.45) is 0.820. The molecule has 3 N–H and O–H groups in total. The third-order valence-electron chi connectivity index (χ3n) is 2.85. The molecule has 1 aromatic carbocycles. The van der Waals surface area contributed by atoms with E-state index in [0.29, 0.717) is 5.92 Å². The smallest absolute Gasteiger partial charge is 0.0608 e. The van der Waals surface area contributed by atoms with Crippen LogP contribution in [0.3, 0.4) is 0 Å². The molecule has 1 atom stereocenters. The zero-order chi connectivity index (χ0) is 12.9. The molecule has 0 saturated carbocycles. The summed E-state index contributed by atoms with van der Waals surface area (Å²) in [6, 6.07) is 8.68. The van der Waals surface area contributed by atoms with Crippen molar-refractivity contribution in [3.05, 3.63) is 29.8 Å². The molecular formula is C14H23NOS. The van der Waals surface area contributed by atoms with Crippen LogP contribution in [0.2, 0.25) is 0 Å². The molecule has 0 saturated heterocycles. The van der Waals surface area contributed by atoms with Crippen LogP contribution in [0.4, 0.5) is 0 Å². The SMILES string of the molecule is CC(C)c1ccc(SCCC(C)(N)CO)cc1. The lowest BCUT2D eigenvalue weighted by Crippen LogP contribution is -2.40. The number of thioether (sulfide) groups is 1. The van der Waals surface area contributed by atoms with Gasteiger partial charge in [0.15, 0.2) is 0 Å². The van der Waals surface area contributed by atoms with Gasteiger partial charge in [0.25, 0.3) is 0 Å². The van der Waals surface area contributed by atoms with Crippen molar-refractivity contribution < 1.29 is 5.11 Å². The Morgan fingerprint density at radius 1 is 1.29 bits per heavy atom. The molecule has 0 aromatic heterocycles. The first-order valence-electron chi connectivity index (χ1n) is 6.07. The molecule has 0 fully saturated rings. The molecular weight excluding hydrogens is 230 g/mol. The highest BCUT2D eigenvalue weighted by Crippen LogP contribution is 2.23. The highest BCUT2D eigenvalue weighted by atomic mass is 32.2. The van der Waals surface area contributed by atoms with Crippen molar-refractivity contribution in [2.24, 2.45) is 5.73 Å². The second-order valence-corrected chi connectivity index (χ2v) is 6.30. The Kier molecular flexibility index (Phi) is 5.50. The minimum absolute atomic E-state index is 0.0415. The molecule has 1 rings (SSSR count). The number of benzene rings is 1. The molecule has 0 heterocycles. The van der Waals surface area contributed by atoms with Gasteiger partial charge in [0.1, 0.15) is 0 Å². The lowest BCUT2D eigenvalue weighted by Gasteiger charge is -2.20. The fourth-order valence-electron chi connectivity index (χ4n) is 1.43. The van der Waals surface area contributed by atoms with Crippen LogP contribution in [-0.4, -0.2) is 23.0 Å². The van der Waals surface area contributed by atoms with Gasteiger partial charge in [-0.25, -0.2) is 0 Å². The molecule has 2 nitrogen and oxygen atoms in total. The fourth-order valence-corrected chi connectivity index (χ4v) is 2.56. The zero-order valence-corrected chi connectivity index (χ0v) is 11.8. The van der Waals surface area contributed by atoms with E-state index in [9.17, 15) is 0 Å². The van der Waals surface area contributed by atoms with E-state index < -0.39 is 5.54 Å². The minimum atomic E-state index is -0.453. The standard InChI is InChI=1S/C14H23NOS/c1-11(2)12-4-6-13(7-5-12)17-9-8-14(3,15)10-16/h4-7,11,16H,8-10,15H2,1-3H3. The predicted octanol–water partition coefficient (Wildman–Crippen LogP) is 3.00. The van der Waals surface area contributed by atoms with Crippen LogP contribution in [-0.2, 0) is 0 Å². The van der Waals surface area contributed by atoms with Crippen LogP contribution in [0, 0.1) is 0 Å². The maximum Gasteiger partial charge on any atom is 0.0608 e. The summed E-state index contributed by atoms with van der Waals surface area (Å²) in [5.74, 6) is 1.52. The maximum absolute atomic E-state index is 9.05. The van der Waals surface area contributed by atoms with Crippen LogP contribution in [0.25, 0.3) is 0 Å². The number of rotatable bonds is 6. The van der Waals surface area contributed by atoms with Gasteiger partial charge in [-0.3, -0.25) is 0 Å². The van der Waals surface area contributed by atoms with Crippen molar-refractivity contribution in [3.63, 3.8) is 0 Å². The third kappa shape index (κ3) is 5.11. The van der Waals surface area contributed by atoms with Crippen molar-refractivity contribution in [1.82, 2.24) is 0 Å². The number of aliphatic hydroxyl groups is 1. The summed E-state index contributed by atoms with van der Waals surface area (Å²) in [5.41, 5.74) is 6.80. The highest BCUT2D eigenvalue weighted by Gasteiger charge is 2.16. The van der Waals surface area contributed by atoms with Crippen molar-refractivity contribution in [2.45, 2.75) is 43.5 Å². The van der Waals surface area contributed by atoms with E-state index in [4.69, 9.17) is 10.8 Å². The summed E-state index contributed by atoms with van der Waals surface area (Å²) in [7, 11) is 0. The Morgan fingerprint density at radius 2 is 1.88 bits per heavy atom. The molecule has 3 heteroatoms. The van der Waals surface area contributed by atoms with Crippen molar-refractivity contribution in [3.8, 4) is 0 Å². The van der Waals surface area contributed by atoms with E-state index in [2.05, 4.69) is 38.1 Å². The van der Waals surface area contributed by atoms with E-state index in [1.54, 1.807) is 11.8 Å². The molecule has 17 heavy (non-hydrogen) atoms. The van der Waals surface area contributed by atoms with E-state index >= 15 is 0 Å². The fraction of sp³-hybridized carbons (Fsp3) is 0.571. The molecule has 96 valence electrons. The maximum atomic E-state index is 9.05. The van der Waals surface area contributed by atoms with Gasteiger partial charge < -0.3 is 10.8 Å². The zero-order valence-electron chi connectivity index (χ0n) is 10.9. The first-order valence-corrected chi connectivity index (χ1v) is 7.06. The molecule has 0 radical (unpaired) electrons. The normalized spacial score (nSPS) is 14.9.